The Hall–Kier alpha value is -1.60. The molecule has 0 saturated heterocycles. The SMILES string of the molecule is Cc1cccc2c1[C@@]1(C)CCc3cccc(c31)CNC2. The van der Waals surface area contributed by atoms with Gasteiger partial charge in [-0.05, 0) is 53.1 Å². The van der Waals surface area contributed by atoms with Gasteiger partial charge in [-0.2, -0.15) is 0 Å². The topological polar surface area (TPSA) is 12.0 Å². The molecule has 0 bridgehead atoms. The van der Waals surface area contributed by atoms with Gasteiger partial charge in [0.1, 0.15) is 0 Å². The molecule has 4 rings (SSSR count). The van der Waals surface area contributed by atoms with Gasteiger partial charge in [0, 0.05) is 18.5 Å². The first-order valence-corrected chi connectivity index (χ1v) is 7.61. The van der Waals surface area contributed by atoms with E-state index >= 15 is 0 Å². The van der Waals surface area contributed by atoms with Crippen LogP contribution in [0.2, 0.25) is 0 Å². The van der Waals surface area contributed by atoms with Crippen LogP contribution < -0.4 is 5.32 Å². The van der Waals surface area contributed by atoms with Gasteiger partial charge in [-0.3, -0.25) is 0 Å². The van der Waals surface area contributed by atoms with Crippen LogP contribution in [-0.2, 0) is 24.9 Å². The molecule has 0 aromatic heterocycles. The lowest BCUT2D eigenvalue weighted by Gasteiger charge is -2.34. The fraction of sp³-hybridized carbons (Fsp3) is 0.368. The highest BCUT2D eigenvalue weighted by atomic mass is 14.9. The summed E-state index contributed by atoms with van der Waals surface area (Å²) in [6.07, 6.45) is 2.46. The molecule has 2 aromatic rings. The molecule has 0 saturated carbocycles. The van der Waals surface area contributed by atoms with E-state index in [4.69, 9.17) is 0 Å². The zero-order valence-corrected chi connectivity index (χ0v) is 12.3. The standard InChI is InChI=1S/C19H21N/c1-13-5-3-7-15-11-20-12-16-8-4-6-14-9-10-19(2,17(13)15)18(14)16/h3-8,20H,9-12H2,1-2H3/t19-/m1/s1. The molecule has 0 spiro atoms. The minimum Gasteiger partial charge on any atom is -0.309 e. The van der Waals surface area contributed by atoms with Crippen molar-refractivity contribution < 1.29 is 0 Å². The maximum atomic E-state index is 3.62. The fourth-order valence-corrected chi connectivity index (χ4v) is 4.47. The van der Waals surface area contributed by atoms with Gasteiger partial charge in [0.05, 0.1) is 0 Å². The number of fused-ring (bicyclic) bond motifs is 2. The Balaban J connectivity index is 2.06. The Morgan fingerprint density at radius 3 is 2.35 bits per heavy atom. The first kappa shape index (κ1) is 12.2. The molecule has 1 heterocycles. The molecule has 0 amide bonds. The normalized spacial score (nSPS) is 23.7. The first-order valence-electron chi connectivity index (χ1n) is 7.61. The van der Waals surface area contributed by atoms with Crippen molar-refractivity contribution in [2.45, 2.75) is 45.2 Å². The Morgan fingerprint density at radius 2 is 1.55 bits per heavy atom. The van der Waals surface area contributed by atoms with Crippen LogP contribution in [0.4, 0.5) is 0 Å². The van der Waals surface area contributed by atoms with Crippen LogP contribution in [0.1, 0.15) is 46.7 Å². The van der Waals surface area contributed by atoms with Gasteiger partial charge < -0.3 is 5.32 Å². The molecule has 2 aromatic carbocycles. The third-order valence-corrected chi connectivity index (χ3v) is 5.22. The van der Waals surface area contributed by atoms with E-state index in [1.807, 2.05) is 0 Å². The van der Waals surface area contributed by atoms with E-state index in [-0.39, 0.29) is 5.41 Å². The Morgan fingerprint density at radius 1 is 0.900 bits per heavy atom. The summed E-state index contributed by atoms with van der Waals surface area (Å²) in [7, 11) is 0. The molecule has 1 aliphatic carbocycles. The Labute approximate surface area is 121 Å². The van der Waals surface area contributed by atoms with Gasteiger partial charge >= 0.3 is 0 Å². The van der Waals surface area contributed by atoms with E-state index in [2.05, 4.69) is 55.6 Å². The van der Waals surface area contributed by atoms with Gasteiger partial charge in [0.2, 0.25) is 0 Å². The van der Waals surface area contributed by atoms with Crippen LogP contribution in [-0.4, -0.2) is 0 Å². The van der Waals surface area contributed by atoms with Crippen LogP contribution in [0.5, 0.6) is 0 Å². The minimum atomic E-state index is 0.203. The summed E-state index contributed by atoms with van der Waals surface area (Å²) in [5.74, 6) is 0. The molecule has 0 fully saturated rings. The number of rotatable bonds is 0. The maximum absolute atomic E-state index is 3.62. The molecule has 1 N–H and O–H groups in total. The number of aryl methyl sites for hydroxylation is 2. The Bertz CT molecular complexity index is 686. The van der Waals surface area contributed by atoms with E-state index in [1.165, 1.54) is 29.5 Å². The van der Waals surface area contributed by atoms with Gasteiger partial charge in [-0.25, -0.2) is 0 Å². The zero-order chi connectivity index (χ0) is 13.7. The van der Waals surface area contributed by atoms with Crippen molar-refractivity contribution in [3.63, 3.8) is 0 Å². The molecule has 1 atom stereocenters. The predicted molar refractivity (Wildman–Crippen MR) is 82.9 cm³/mol. The van der Waals surface area contributed by atoms with Gasteiger partial charge in [-0.15, -0.1) is 0 Å². The monoisotopic (exact) mass is 263 g/mol. The van der Waals surface area contributed by atoms with Crippen LogP contribution >= 0.6 is 0 Å². The second-order valence-corrected chi connectivity index (χ2v) is 6.50. The number of hydrogen-bond donors (Lipinski definition) is 1. The molecule has 20 heavy (non-hydrogen) atoms. The molecule has 0 unspecified atom stereocenters. The molecule has 1 nitrogen and oxygen atoms in total. The molecule has 102 valence electrons. The number of benzene rings is 2. The summed E-state index contributed by atoms with van der Waals surface area (Å²) in [5, 5.41) is 3.62. The lowest BCUT2D eigenvalue weighted by Crippen LogP contribution is -2.30. The van der Waals surface area contributed by atoms with Crippen LogP contribution in [0.15, 0.2) is 36.4 Å². The van der Waals surface area contributed by atoms with Crippen molar-refractivity contribution in [3.8, 4) is 0 Å². The Kier molecular flexibility index (Phi) is 2.55. The predicted octanol–water partition coefficient (Wildman–Crippen LogP) is 3.85. The lowest BCUT2D eigenvalue weighted by atomic mass is 9.71. The lowest BCUT2D eigenvalue weighted by molar-refractivity contribution is 0.530. The smallest absolute Gasteiger partial charge is 0.0211 e. The summed E-state index contributed by atoms with van der Waals surface area (Å²) < 4.78 is 0. The van der Waals surface area contributed by atoms with Crippen molar-refractivity contribution in [2.75, 3.05) is 0 Å². The van der Waals surface area contributed by atoms with Crippen molar-refractivity contribution in [1.29, 1.82) is 0 Å². The fourth-order valence-electron chi connectivity index (χ4n) is 4.47. The zero-order valence-electron chi connectivity index (χ0n) is 12.3. The summed E-state index contributed by atoms with van der Waals surface area (Å²) in [5.41, 5.74) is 9.35. The summed E-state index contributed by atoms with van der Waals surface area (Å²) in [4.78, 5) is 0. The molecule has 1 aliphatic heterocycles. The van der Waals surface area contributed by atoms with E-state index in [0.29, 0.717) is 0 Å². The average molecular weight is 263 g/mol. The van der Waals surface area contributed by atoms with Crippen LogP contribution in [0, 0.1) is 6.92 Å². The second kappa shape index (κ2) is 4.20. The third-order valence-electron chi connectivity index (χ3n) is 5.22. The van der Waals surface area contributed by atoms with E-state index < -0.39 is 0 Å². The van der Waals surface area contributed by atoms with E-state index in [0.717, 1.165) is 13.1 Å². The third kappa shape index (κ3) is 1.53. The summed E-state index contributed by atoms with van der Waals surface area (Å²) >= 11 is 0. The average Bonchev–Trinajstić information content (AvgIpc) is 2.76. The van der Waals surface area contributed by atoms with Crippen LogP contribution in [0.3, 0.4) is 0 Å². The first-order chi connectivity index (χ1) is 9.70. The molecule has 1 heteroatoms. The van der Waals surface area contributed by atoms with Crippen molar-refractivity contribution >= 4 is 0 Å². The molecular weight excluding hydrogens is 242 g/mol. The highest BCUT2D eigenvalue weighted by Crippen LogP contribution is 2.48. The van der Waals surface area contributed by atoms with Crippen molar-refractivity contribution in [1.82, 2.24) is 5.32 Å². The largest absolute Gasteiger partial charge is 0.309 e. The van der Waals surface area contributed by atoms with E-state index in [9.17, 15) is 0 Å². The second-order valence-electron chi connectivity index (χ2n) is 6.50. The van der Waals surface area contributed by atoms with Gasteiger partial charge in [-0.1, -0.05) is 43.3 Å². The van der Waals surface area contributed by atoms with E-state index in [1.54, 1.807) is 16.7 Å². The summed E-state index contributed by atoms with van der Waals surface area (Å²) in [6.45, 7) is 6.70. The highest BCUT2D eigenvalue weighted by molar-refractivity contribution is 5.56. The minimum absolute atomic E-state index is 0.203. The molecule has 2 aliphatic rings. The summed E-state index contributed by atoms with van der Waals surface area (Å²) in [6, 6.07) is 13.6. The molecule has 0 radical (unpaired) electrons. The molecular formula is C19H21N. The van der Waals surface area contributed by atoms with Crippen LogP contribution in [0.25, 0.3) is 0 Å². The highest BCUT2D eigenvalue weighted by Gasteiger charge is 2.40. The van der Waals surface area contributed by atoms with Gasteiger partial charge in [0.15, 0.2) is 0 Å². The number of hydrogen-bond acceptors (Lipinski definition) is 1. The number of nitrogens with one attached hydrogen (secondary N) is 1. The van der Waals surface area contributed by atoms with Crippen molar-refractivity contribution in [3.05, 3.63) is 69.8 Å². The van der Waals surface area contributed by atoms with Gasteiger partial charge in [0.25, 0.3) is 0 Å². The quantitative estimate of drug-likeness (QED) is 0.761. The van der Waals surface area contributed by atoms with Crippen molar-refractivity contribution in [2.24, 2.45) is 0 Å². The maximum Gasteiger partial charge on any atom is 0.0211 e.